The highest BCUT2D eigenvalue weighted by Crippen LogP contribution is 2.23. The highest BCUT2D eigenvalue weighted by molar-refractivity contribution is 5.92. The zero-order valence-electron chi connectivity index (χ0n) is 13.2. The molecule has 0 fully saturated rings. The number of nitrogens with zero attached hydrogens (tertiary/aromatic N) is 1. The molecule has 0 aliphatic carbocycles. The predicted octanol–water partition coefficient (Wildman–Crippen LogP) is 3.84. The Morgan fingerprint density at radius 1 is 1.09 bits per heavy atom. The van der Waals surface area contributed by atoms with Crippen LogP contribution in [0.5, 0.6) is 0 Å². The van der Waals surface area contributed by atoms with Crippen LogP contribution in [0.1, 0.15) is 25.0 Å². The molecule has 0 heterocycles. The average molecular weight is 299 g/mol. The second kappa shape index (κ2) is 6.60. The summed E-state index contributed by atoms with van der Waals surface area (Å²) < 4.78 is 13.0. The van der Waals surface area contributed by atoms with Gasteiger partial charge in [-0.15, -0.1) is 0 Å². The smallest absolute Gasteiger partial charge is 0.193 e. The number of guanidine groups is 1. The van der Waals surface area contributed by atoms with Crippen LogP contribution in [0.25, 0.3) is 0 Å². The molecule has 2 rings (SSSR count). The summed E-state index contributed by atoms with van der Waals surface area (Å²) in [7, 11) is 0. The van der Waals surface area contributed by atoms with Gasteiger partial charge in [0.2, 0.25) is 0 Å². The predicted molar refractivity (Wildman–Crippen MR) is 90.7 cm³/mol. The first-order valence-electron chi connectivity index (χ1n) is 7.26. The third kappa shape index (κ3) is 4.32. The molecule has 0 spiro atoms. The van der Waals surface area contributed by atoms with Gasteiger partial charge in [-0.1, -0.05) is 43.7 Å². The highest BCUT2D eigenvalue weighted by atomic mass is 19.1. The molecule has 0 aliphatic heterocycles. The van der Waals surface area contributed by atoms with Crippen LogP contribution >= 0.6 is 0 Å². The van der Waals surface area contributed by atoms with Crippen molar-refractivity contribution in [2.45, 2.75) is 26.2 Å². The van der Waals surface area contributed by atoms with Gasteiger partial charge in [-0.25, -0.2) is 4.39 Å². The van der Waals surface area contributed by atoms with Gasteiger partial charge >= 0.3 is 0 Å². The van der Waals surface area contributed by atoms with Gasteiger partial charge in [-0.05, 0) is 36.8 Å². The minimum atomic E-state index is -0.233. The molecule has 0 atom stereocenters. The molecule has 0 saturated heterocycles. The van der Waals surface area contributed by atoms with E-state index in [4.69, 9.17) is 5.73 Å². The van der Waals surface area contributed by atoms with Crippen LogP contribution in [0.15, 0.2) is 53.5 Å². The summed E-state index contributed by atoms with van der Waals surface area (Å²) in [6.07, 6.45) is 0. The summed E-state index contributed by atoms with van der Waals surface area (Å²) in [6.45, 7) is 6.67. The maximum Gasteiger partial charge on any atom is 0.193 e. The molecule has 0 radical (unpaired) electrons. The Balaban J connectivity index is 2.02. The molecule has 22 heavy (non-hydrogen) atoms. The van der Waals surface area contributed by atoms with Crippen LogP contribution in [0, 0.1) is 12.7 Å². The van der Waals surface area contributed by atoms with Gasteiger partial charge in [0.05, 0.1) is 6.54 Å². The van der Waals surface area contributed by atoms with Gasteiger partial charge in [-0.2, -0.15) is 0 Å². The van der Waals surface area contributed by atoms with Gasteiger partial charge in [0, 0.05) is 11.1 Å². The Hall–Kier alpha value is -2.36. The van der Waals surface area contributed by atoms with Crippen molar-refractivity contribution in [2.75, 3.05) is 11.9 Å². The van der Waals surface area contributed by atoms with Crippen molar-refractivity contribution < 1.29 is 4.39 Å². The summed E-state index contributed by atoms with van der Waals surface area (Å²) in [5.74, 6) is 0.141. The number of rotatable bonds is 4. The van der Waals surface area contributed by atoms with E-state index in [-0.39, 0.29) is 11.2 Å². The molecular formula is C18H22FN3. The van der Waals surface area contributed by atoms with E-state index in [0.29, 0.717) is 12.5 Å². The molecule has 0 bridgehead atoms. The maximum atomic E-state index is 13.0. The van der Waals surface area contributed by atoms with E-state index in [0.717, 1.165) is 11.3 Å². The van der Waals surface area contributed by atoms with E-state index in [1.54, 1.807) is 12.1 Å². The Morgan fingerprint density at radius 3 is 2.27 bits per heavy atom. The Kier molecular flexibility index (Phi) is 4.81. The normalized spacial score (nSPS) is 12.3. The lowest BCUT2D eigenvalue weighted by Crippen LogP contribution is -2.27. The molecule has 2 aromatic carbocycles. The fourth-order valence-electron chi connectivity index (χ4n) is 2.10. The number of benzene rings is 2. The average Bonchev–Trinajstić information content (AvgIpc) is 2.48. The molecule has 0 saturated carbocycles. The molecule has 2 aromatic rings. The number of hydrogen-bond acceptors (Lipinski definition) is 1. The second-order valence-electron chi connectivity index (χ2n) is 6.08. The van der Waals surface area contributed by atoms with Crippen molar-refractivity contribution >= 4 is 11.6 Å². The highest BCUT2D eigenvalue weighted by Gasteiger charge is 2.20. The quantitative estimate of drug-likeness (QED) is 0.665. The molecule has 0 unspecified atom stereocenters. The van der Waals surface area contributed by atoms with Crippen LogP contribution < -0.4 is 11.1 Å². The van der Waals surface area contributed by atoms with Gasteiger partial charge in [0.25, 0.3) is 0 Å². The zero-order valence-corrected chi connectivity index (χ0v) is 13.2. The van der Waals surface area contributed by atoms with Gasteiger partial charge < -0.3 is 11.1 Å². The van der Waals surface area contributed by atoms with Crippen molar-refractivity contribution in [1.29, 1.82) is 0 Å². The summed E-state index contributed by atoms with van der Waals surface area (Å²) in [5.41, 5.74) is 8.85. The summed E-state index contributed by atoms with van der Waals surface area (Å²) in [6, 6.07) is 14.5. The van der Waals surface area contributed by atoms with E-state index < -0.39 is 0 Å². The number of hydrogen-bond donors (Lipinski definition) is 2. The first-order valence-corrected chi connectivity index (χ1v) is 7.26. The third-order valence-corrected chi connectivity index (χ3v) is 3.59. The first-order chi connectivity index (χ1) is 10.4. The van der Waals surface area contributed by atoms with E-state index >= 15 is 0 Å². The summed E-state index contributed by atoms with van der Waals surface area (Å²) >= 11 is 0. The monoisotopic (exact) mass is 299 g/mol. The largest absolute Gasteiger partial charge is 0.370 e. The van der Waals surface area contributed by atoms with Gasteiger partial charge in [-0.3, -0.25) is 4.99 Å². The van der Waals surface area contributed by atoms with Crippen molar-refractivity contribution in [2.24, 2.45) is 10.7 Å². The Morgan fingerprint density at radius 2 is 1.68 bits per heavy atom. The van der Waals surface area contributed by atoms with E-state index in [1.807, 2.05) is 31.2 Å². The Bertz CT molecular complexity index is 643. The van der Waals surface area contributed by atoms with E-state index in [2.05, 4.69) is 24.2 Å². The lowest BCUT2D eigenvalue weighted by atomic mass is 9.85. The number of aryl methyl sites for hydroxylation is 1. The van der Waals surface area contributed by atoms with Crippen molar-refractivity contribution in [3.05, 3.63) is 65.5 Å². The molecule has 3 nitrogen and oxygen atoms in total. The summed E-state index contributed by atoms with van der Waals surface area (Å²) in [4.78, 5) is 4.40. The van der Waals surface area contributed by atoms with Crippen LogP contribution in [-0.4, -0.2) is 12.5 Å². The van der Waals surface area contributed by atoms with Crippen LogP contribution in [0.3, 0.4) is 0 Å². The fourth-order valence-corrected chi connectivity index (χ4v) is 2.10. The minimum absolute atomic E-state index is 0.215. The van der Waals surface area contributed by atoms with Crippen molar-refractivity contribution in [3.63, 3.8) is 0 Å². The number of aliphatic imine (C=N–C) groups is 1. The molecule has 0 aromatic heterocycles. The second-order valence-corrected chi connectivity index (χ2v) is 6.08. The van der Waals surface area contributed by atoms with Gasteiger partial charge in [0.1, 0.15) is 5.82 Å². The Labute approximate surface area is 131 Å². The lowest BCUT2D eigenvalue weighted by molar-refractivity contribution is 0.537. The standard InChI is InChI=1S/C18H22FN3/c1-13-4-10-16(11-5-13)22-17(20)21-12-18(2,3)14-6-8-15(19)9-7-14/h4-11H,12H2,1-3H3,(H3,20,21,22). The van der Waals surface area contributed by atoms with Crippen molar-refractivity contribution in [1.82, 2.24) is 0 Å². The lowest BCUT2D eigenvalue weighted by Gasteiger charge is -2.23. The molecular weight excluding hydrogens is 277 g/mol. The topological polar surface area (TPSA) is 50.4 Å². The third-order valence-electron chi connectivity index (χ3n) is 3.59. The number of halogens is 1. The van der Waals surface area contributed by atoms with Gasteiger partial charge in [0.15, 0.2) is 5.96 Å². The number of anilines is 1. The molecule has 0 amide bonds. The minimum Gasteiger partial charge on any atom is -0.370 e. The van der Waals surface area contributed by atoms with Crippen LogP contribution in [-0.2, 0) is 5.41 Å². The van der Waals surface area contributed by atoms with Crippen molar-refractivity contribution in [3.8, 4) is 0 Å². The molecule has 116 valence electrons. The first kappa shape index (κ1) is 16.0. The number of nitrogens with two attached hydrogens (primary N) is 1. The number of nitrogens with one attached hydrogen (secondary N) is 1. The van der Waals surface area contributed by atoms with Crippen LogP contribution in [0.2, 0.25) is 0 Å². The fraction of sp³-hybridized carbons (Fsp3) is 0.278. The SMILES string of the molecule is Cc1ccc(NC(N)=NCC(C)(C)c2ccc(F)cc2)cc1. The molecule has 0 aliphatic rings. The van der Waals surface area contributed by atoms with Crippen LogP contribution in [0.4, 0.5) is 10.1 Å². The summed E-state index contributed by atoms with van der Waals surface area (Å²) in [5, 5.41) is 3.07. The van der Waals surface area contributed by atoms with E-state index in [1.165, 1.54) is 17.7 Å². The maximum absolute atomic E-state index is 13.0. The van der Waals surface area contributed by atoms with E-state index in [9.17, 15) is 4.39 Å². The molecule has 3 N–H and O–H groups in total. The zero-order chi connectivity index (χ0) is 16.2. The molecule has 4 heteroatoms.